The average Bonchev–Trinajstić information content (AvgIpc) is 2.24. The van der Waals surface area contributed by atoms with E-state index in [2.05, 4.69) is 0 Å². The van der Waals surface area contributed by atoms with Gasteiger partial charge in [-0.1, -0.05) is 11.6 Å². The molecule has 1 aromatic carbocycles. The average molecular weight is 232 g/mol. The van der Waals surface area contributed by atoms with Crippen LogP contribution in [0, 0.1) is 6.92 Å². The third-order valence-corrected chi connectivity index (χ3v) is 2.55. The van der Waals surface area contributed by atoms with Gasteiger partial charge in [-0.3, -0.25) is 0 Å². The number of aromatic hydroxyl groups is 1. The maximum absolute atomic E-state index is 9.64. The summed E-state index contributed by atoms with van der Waals surface area (Å²) in [6, 6.07) is 1.61. The number of aliphatic hydroxyl groups excluding tert-OH is 1. The van der Waals surface area contributed by atoms with Crippen LogP contribution in [0.15, 0.2) is 6.07 Å². The van der Waals surface area contributed by atoms with E-state index in [0.717, 1.165) is 0 Å². The minimum Gasteiger partial charge on any atom is -0.506 e. The Morgan fingerprint density at radius 2 is 2.20 bits per heavy atom. The summed E-state index contributed by atoms with van der Waals surface area (Å²) < 4.78 is 5.03. The van der Waals surface area contributed by atoms with Crippen molar-refractivity contribution in [3.63, 3.8) is 0 Å². The molecular weight excluding hydrogens is 218 g/mol. The van der Waals surface area contributed by atoms with Crippen LogP contribution in [-0.2, 0) is 0 Å². The van der Waals surface area contributed by atoms with Crippen LogP contribution in [-0.4, -0.2) is 23.9 Å². The van der Waals surface area contributed by atoms with Crippen molar-refractivity contribution in [1.29, 1.82) is 0 Å². The Balaban J connectivity index is 3.38. The molecule has 84 valence electrons. The predicted molar refractivity (Wildman–Crippen MR) is 58.4 cm³/mol. The molecule has 5 heteroatoms. The third-order valence-electron chi connectivity index (χ3n) is 2.20. The molecule has 0 heterocycles. The number of phenolic OH excluding ortho intramolecular Hbond substituents is 1. The van der Waals surface area contributed by atoms with Gasteiger partial charge in [0, 0.05) is 12.1 Å². The highest BCUT2D eigenvalue weighted by molar-refractivity contribution is 6.33. The first-order chi connectivity index (χ1) is 7.02. The summed E-state index contributed by atoms with van der Waals surface area (Å²) >= 11 is 5.88. The highest BCUT2D eigenvalue weighted by Gasteiger charge is 2.19. The van der Waals surface area contributed by atoms with Gasteiger partial charge in [0.25, 0.3) is 0 Å². The SMILES string of the molecule is COc1c(C(O)CN)cc(C)c(O)c1Cl. The predicted octanol–water partition coefficient (Wildman–Crippen LogP) is 1.35. The number of halogens is 1. The van der Waals surface area contributed by atoms with Gasteiger partial charge in [0.15, 0.2) is 0 Å². The van der Waals surface area contributed by atoms with E-state index in [0.29, 0.717) is 11.1 Å². The molecule has 0 radical (unpaired) electrons. The maximum Gasteiger partial charge on any atom is 0.147 e. The summed E-state index contributed by atoms with van der Waals surface area (Å²) in [6.07, 6.45) is -0.850. The van der Waals surface area contributed by atoms with Gasteiger partial charge in [0.1, 0.15) is 16.5 Å². The molecule has 0 aromatic heterocycles. The second kappa shape index (κ2) is 4.70. The number of nitrogens with two attached hydrogens (primary N) is 1. The van der Waals surface area contributed by atoms with E-state index in [4.69, 9.17) is 22.1 Å². The molecule has 4 N–H and O–H groups in total. The molecule has 1 rings (SSSR count). The molecule has 0 aliphatic carbocycles. The molecule has 0 fully saturated rings. The molecule has 0 spiro atoms. The molecule has 1 unspecified atom stereocenters. The van der Waals surface area contributed by atoms with E-state index in [-0.39, 0.29) is 23.1 Å². The number of ether oxygens (including phenoxy) is 1. The van der Waals surface area contributed by atoms with Gasteiger partial charge in [-0.25, -0.2) is 0 Å². The van der Waals surface area contributed by atoms with Crippen molar-refractivity contribution < 1.29 is 14.9 Å². The molecule has 0 saturated heterocycles. The zero-order chi connectivity index (χ0) is 11.6. The summed E-state index contributed by atoms with van der Waals surface area (Å²) in [4.78, 5) is 0. The lowest BCUT2D eigenvalue weighted by atomic mass is 10.0. The van der Waals surface area contributed by atoms with E-state index in [1.807, 2.05) is 0 Å². The fourth-order valence-corrected chi connectivity index (χ4v) is 1.69. The minimum atomic E-state index is -0.850. The number of benzene rings is 1. The van der Waals surface area contributed by atoms with E-state index in [1.54, 1.807) is 13.0 Å². The summed E-state index contributed by atoms with van der Waals surface area (Å²) in [5.74, 6) is 0.221. The van der Waals surface area contributed by atoms with E-state index in [9.17, 15) is 10.2 Å². The van der Waals surface area contributed by atoms with Gasteiger partial charge < -0.3 is 20.7 Å². The second-order valence-corrected chi connectivity index (χ2v) is 3.61. The monoisotopic (exact) mass is 231 g/mol. The minimum absolute atomic E-state index is 0.0403. The summed E-state index contributed by atoms with van der Waals surface area (Å²) in [5, 5.41) is 19.3. The Labute approximate surface area is 93.2 Å². The summed E-state index contributed by atoms with van der Waals surface area (Å²) in [6.45, 7) is 1.75. The van der Waals surface area contributed by atoms with Gasteiger partial charge in [0.2, 0.25) is 0 Å². The fraction of sp³-hybridized carbons (Fsp3) is 0.400. The number of phenols is 1. The Morgan fingerprint density at radius 1 is 1.60 bits per heavy atom. The number of aryl methyl sites for hydroxylation is 1. The quantitative estimate of drug-likeness (QED) is 0.734. The van der Waals surface area contributed by atoms with Crippen LogP contribution in [0.3, 0.4) is 0 Å². The van der Waals surface area contributed by atoms with Crippen LogP contribution in [0.4, 0.5) is 0 Å². The van der Waals surface area contributed by atoms with Crippen LogP contribution in [0.2, 0.25) is 5.02 Å². The van der Waals surface area contributed by atoms with Crippen molar-refractivity contribution in [1.82, 2.24) is 0 Å². The molecule has 0 bridgehead atoms. The number of aliphatic hydroxyl groups is 1. The topological polar surface area (TPSA) is 75.7 Å². The zero-order valence-electron chi connectivity index (χ0n) is 8.62. The molecule has 1 atom stereocenters. The molecule has 1 aromatic rings. The summed E-state index contributed by atoms with van der Waals surface area (Å²) in [5.41, 5.74) is 6.41. The highest BCUT2D eigenvalue weighted by Crippen LogP contribution is 2.40. The first-order valence-electron chi connectivity index (χ1n) is 4.47. The lowest BCUT2D eigenvalue weighted by Gasteiger charge is -2.16. The Bertz CT molecular complexity index is 368. The number of rotatable bonds is 3. The standard InChI is InChI=1S/C10H14ClNO3/c1-5-3-6(7(13)4-12)10(15-2)8(11)9(5)14/h3,7,13-14H,4,12H2,1-2H3. The van der Waals surface area contributed by atoms with Crippen molar-refractivity contribution in [3.05, 3.63) is 22.2 Å². The van der Waals surface area contributed by atoms with Crippen molar-refractivity contribution >= 4 is 11.6 Å². The number of methoxy groups -OCH3 is 1. The summed E-state index contributed by atoms with van der Waals surface area (Å²) in [7, 11) is 1.42. The van der Waals surface area contributed by atoms with E-state index >= 15 is 0 Å². The first kappa shape index (κ1) is 12.1. The molecule has 4 nitrogen and oxygen atoms in total. The Kier molecular flexibility index (Phi) is 3.79. The molecular formula is C10H14ClNO3. The smallest absolute Gasteiger partial charge is 0.147 e. The van der Waals surface area contributed by atoms with Crippen LogP contribution < -0.4 is 10.5 Å². The van der Waals surface area contributed by atoms with E-state index in [1.165, 1.54) is 7.11 Å². The molecule has 0 aliphatic heterocycles. The van der Waals surface area contributed by atoms with Gasteiger partial charge in [-0.05, 0) is 18.6 Å². The lowest BCUT2D eigenvalue weighted by Crippen LogP contribution is -2.13. The van der Waals surface area contributed by atoms with Crippen molar-refractivity contribution in [2.45, 2.75) is 13.0 Å². The van der Waals surface area contributed by atoms with Crippen LogP contribution >= 0.6 is 11.6 Å². The number of hydrogen-bond donors (Lipinski definition) is 3. The van der Waals surface area contributed by atoms with Crippen LogP contribution in [0.1, 0.15) is 17.2 Å². The second-order valence-electron chi connectivity index (χ2n) is 3.23. The van der Waals surface area contributed by atoms with E-state index < -0.39 is 6.10 Å². The van der Waals surface area contributed by atoms with Gasteiger partial charge in [0.05, 0.1) is 13.2 Å². The van der Waals surface area contributed by atoms with Gasteiger partial charge in [-0.15, -0.1) is 0 Å². The van der Waals surface area contributed by atoms with Crippen LogP contribution in [0.25, 0.3) is 0 Å². The Morgan fingerprint density at radius 3 is 2.67 bits per heavy atom. The number of hydrogen-bond acceptors (Lipinski definition) is 4. The third kappa shape index (κ3) is 2.17. The first-order valence-corrected chi connectivity index (χ1v) is 4.84. The lowest BCUT2D eigenvalue weighted by molar-refractivity contribution is 0.182. The maximum atomic E-state index is 9.64. The van der Waals surface area contributed by atoms with Crippen molar-refractivity contribution in [2.24, 2.45) is 5.73 Å². The van der Waals surface area contributed by atoms with Crippen molar-refractivity contribution in [2.75, 3.05) is 13.7 Å². The largest absolute Gasteiger partial charge is 0.506 e. The molecule has 0 amide bonds. The normalized spacial score (nSPS) is 12.6. The highest BCUT2D eigenvalue weighted by atomic mass is 35.5. The molecule has 15 heavy (non-hydrogen) atoms. The van der Waals surface area contributed by atoms with Gasteiger partial charge in [-0.2, -0.15) is 0 Å². The van der Waals surface area contributed by atoms with Gasteiger partial charge >= 0.3 is 0 Å². The fourth-order valence-electron chi connectivity index (χ4n) is 1.36. The molecule has 0 saturated carbocycles. The van der Waals surface area contributed by atoms with Crippen LogP contribution in [0.5, 0.6) is 11.5 Å². The molecule has 0 aliphatic rings. The zero-order valence-corrected chi connectivity index (χ0v) is 9.38. The Hall–Kier alpha value is -0.970. The van der Waals surface area contributed by atoms with Crippen molar-refractivity contribution in [3.8, 4) is 11.5 Å².